The summed E-state index contributed by atoms with van der Waals surface area (Å²) in [5, 5.41) is 2.66. The van der Waals surface area contributed by atoms with Crippen LogP contribution in [0.2, 0.25) is 0 Å². The molecule has 4 heteroatoms. The minimum atomic E-state index is -0.0222. The Balaban J connectivity index is 1.14. The van der Waals surface area contributed by atoms with Gasteiger partial charge in [-0.05, 0) is 127 Å². The van der Waals surface area contributed by atoms with Crippen molar-refractivity contribution in [2.24, 2.45) is 0 Å². The maximum absolute atomic E-state index is 2.58. The van der Waals surface area contributed by atoms with E-state index in [2.05, 4.69) is 242 Å². The number of anilines is 6. The number of nitrogens with zero attached hydrogens (tertiary/aromatic N) is 2. The van der Waals surface area contributed by atoms with E-state index in [1.807, 2.05) is 11.3 Å². The van der Waals surface area contributed by atoms with Crippen LogP contribution in [0.5, 0.6) is 0 Å². The second kappa shape index (κ2) is 14.6. The number of thiophene rings is 1. The highest BCUT2D eigenvalue weighted by molar-refractivity contribution is 7.25. The summed E-state index contributed by atoms with van der Waals surface area (Å²) in [6, 6.07) is 64.7. The third-order valence-electron chi connectivity index (χ3n) is 13.8. The zero-order valence-corrected chi connectivity index (χ0v) is 39.4. The Kier molecular flexibility index (Phi) is 9.21. The first-order valence-corrected chi connectivity index (χ1v) is 23.7. The Morgan fingerprint density at radius 3 is 1.69 bits per heavy atom. The summed E-state index contributed by atoms with van der Waals surface area (Å²) in [4.78, 5) is 5.13. The van der Waals surface area contributed by atoms with E-state index in [0.717, 1.165) is 5.69 Å². The van der Waals surface area contributed by atoms with Gasteiger partial charge in [0.2, 0.25) is 0 Å². The lowest BCUT2D eigenvalue weighted by molar-refractivity contribution is 0.590. The van der Waals surface area contributed by atoms with Gasteiger partial charge >= 0.3 is 0 Å². The van der Waals surface area contributed by atoms with E-state index in [4.69, 9.17) is 0 Å². The molecule has 2 nitrogen and oxygen atoms in total. The fraction of sp³-hybridized carbons (Fsp3) is 0.200. The summed E-state index contributed by atoms with van der Waals surface area (Å²) < 4.78 is 2.66. The first-order valence-electron chi connectivity index (χ1n) is 22.9. The monoisotopic (exact) mass is 846 g/mol. The van der Waals surface area contributed by atoms with E-state index in [9.17, 15) is 0 Å². The number of hydrogen-bond donors (Lipinski definition) is 0. The first kappa shape index (κ1) is 40.4. The number of fused-ring (bicyclic) bond motifs is 7. The van der Waals surface area contributed by atoms with Crippen molar-refractivity contribution < 1.29 is 0 Å². The van der Waals surface area contributed by atoms with Gasteiger partial charge in [-0.15, -0.1) is 11.3 Å². The fourth-order valence-corrected chi connectivity index (χ4v) is 11.3. The Hall–Kier alpha value is -6.36. The highest BCUT2D eigenvalue weighted by Gasteiger charge is 2.44. The Labute approximate surface area is 383 Å². The number of hydrogen-bond acceptors (Lipinski definition) is 3. The Bertz CT molecular complexity index is 3280. The summed E-state index contributed by atoms with van der Waals surface area (Å²) in [6.07, 6.45) is 0. The van der Waals surface area contributed by atoms with Crippen LogP contribution in [-0.4, -0.2) is 6.71 Å². The summed E-state index contributed by atoms with van der Waals surface area (Å²) in [5.41, 5.74) is 20.2. The van der Waals surface area contributed by atoms with Crippen LogP contribution >= 0.6 is 11.3 Å². The van der Waals surface area contributed by atoms with Gasteiger partial charge in [0.1, 0.15) is 0 Å². The lowest BCUT2D eigenvalue weighted by Crippen LogP contribution is -2.61. The van der Waals surface area contributed by atoms with Crippen molar-refractivity contribution in [2.45, 2.75) is 78.6 Å². The van der Waals surface area contributed by atoms with Gasteiger partial charge in [0.05, 0.1) is 5.69 Å². The fourth-order valence-electron chi connectivity index (χ4n) is 10.2. The molecular weight excluding hydrogens is 792 g/mol. The topological polar surface area (TPSA) is 6.48 Å². The van der Waals surface area contributed by atoms with Gasteiger partial charge < -0.3 is 9.80 Å². The molecule has 64 heavy (non-hydrogen) atoms. The molecule has 2 aliphatic rings. The molecule has 8 aromatic carbocycles. The second-order valence-corrected chi connectivity index (χ2v) is 22.1. The van der Waals surface area contributed by atoms with Crippen LogP contribution in [0.15, 0.2) is 170 Å². The van der Waals surface area contributed by atoms with E-state index in [1.165, 1.54) is 104 Å². The third kappa shape index (κ3) is 6.60. The van der Waals surface area contributed by atoms with E-state index in [-0.39, 0.29) is 23.0 Å². The van der Waals surface area contributed by atoms with Crippen LogP contribution in [0.4, 0.5) is 34.1 Å². The molecule has 11 rings (SSSR count). The van der Waals surface area contributed by atoms with Crippen LogP contribution in [0.1, 0.15) is 79.0 Å². The molecule has 0 atom stereocenters. The molecule has 314 valence electrons. The molecule has 0 saturated heterocycles. The summed E-state index contributed by atoms with van der Waals surface area (Å²) in [5.74, 6) is 0. The quantitative estimate of drug-likeness (QED) is 0.163. The minimum Gasteiger partial charge on any atom is -0.311 e. The van der Waals surface area contributed by atoms with Gasteiger partial charge in [0.15, 0.2) is 0 Å². The molecule has 2 aliphatic heterocycles. The average molecular weight is 847 g/mol. The van der Waals surface area contributed by atoms with E-state index < -0.39 is 0 Å². The van der Waals surface area contributed by atoms with Gasteiger partial charge in [0, 0.05) is 54.2 Å². The normalized spacial score (nSPS) is 13.6. The first-order chi connectivity index (χ1) is 30.6. The SMILES string of the molecule is CC(C)(C)c1ccc2c(c1)B1c3ccc(C(C)(C)C)cc3N(c3ccc(-c4ccc5c(c4)sc4ccccc45)cc3)c3cccc(c31)N2c1ccc(C(C)(C)C)cc1-c1ccccc1. The number of benzene rings is 8. The molecular formula is C60H55BN2S. The van der Waals surface area contributed by atoms with Crippen LogP contribution in [0.25, 0.3) is 42.4 Å². The molecule has 0 radical (unpaired) electrons. The largest absolute Gasteiger partial charge is 0.311 e. The molecule has 9 aromatic rings. The molecule has 0 aliphatic carbocycles. The van der Waals surface area contributed by atoms with Crippen molar-refractivity contribution in [3.63, 3.8) is 0 Å². The predicted molar refractivity (Wildman–Crippen MR) is 280 cm³/mol. The zero-order chi connectivity index (χ0) is 44.3. The molecule has 0 N–H and O–H groups in total. The van der Waals surface area contributed by atoms with Gasteiger partial charge in [-0.2, -0.15) is 0 Å². The van der Waals surface area contributed by atoms with Crippen molar-refractivity contribution in [3.05, 3.63) is 187 Å². The van der Waals surface area contributed by atoms with Crippen molar-refractivity contribution in [3.8, 4) is 22.3 Å². The molecule has 1 aromatic heterocycles. The van der Waals surface area contributed by atoms with Gasteiger partial charge in [-0.1, -0.05) is 172 Å². The summed E-state index contributed by atoms with van der Waals surface area (Å²) in [7, 11) is 0. The van der Waals surface area contributed by atoms with Crippen molar-refractivity contribution in [2.75, 3.05) is 9.80 Å². The zero-order valence-electron chi connectivity index (χ0n) is 38.5. The molecule has 0 unspecified atom stereocenters. The van der Waals surface area contributed by atoms with Crippen LogP contribution in [0, 0.1) is 0 Å². The smallest absolute Gasteiger partial charge is 0.252 e. The van der Waals surface area contributed by atoms with Crippen molar-refractivity contribution >= 4 is 88.7 Å². The van der Waals surface area contributed by atoms with E-state index in [1.54, 1.807) is 0 Å². The van der Waals surface area contributed by atoms with Crippen molar-refractivity contribution in [1.82, 2.24) is 0 Å². The van der Waals surface area contributed by atoms with E-state index >= 15 is 0 Å². The second-order valence-electron chi connectivity index (χ2n) is 21.1. The average Bonchev–Trinajstić information content (AvgIpc) is 3.66. The van der Waals surface area contributed by atoms with Gasteiger partial charge in [0.25, 0.3) is 6.71 Å². The molecule has 0 fully saturated rings. The van der Waals surface area contributed by atoms with Crippen LogP contribution in [-0.2, 0) is 16.2 Å². The lowest BCUT2D eigenvalue weighted by Gasteiger charge is -2.45. The highest BCUT2D eigenvalue weighted by atomic mass is 32.1. The van der Waals surface area contributed by atoms with Crippen molar-refractivity contribution in [1.29, 1.82) is 0 Å². The van der Waals surface area contributed by atoms with Crippen LogP contribution < -0.4 is 26.2 Å². The van der Waals surface area contributed by atoms with Gasteiger partial charge in [-0.3, -0.25) is 0 Å². The molecule has 0 bridgehead atoms. The predicted octanol–water partition coefficient (Wildman–Crippen LogP) is 15.4. The standard InChI is InChI=1S/C60H55BN2S/c1-58(2,3)41-26-32-50(47(35-41)39-16-11-10-12-17-39)63-51-33-27-42(59(4,5)6)36-49(51)61-48-31-25-43(60(7,8)9)37-54(48)62(52-19-15-20-53(63)57(52)61)44-28-22-38(23-29-44)40-24-30-46-45-18-13-14-21-55(45)64-56(46)34-40/h10-37H,1-9H3. The Morgan fingerprint density at radius 2 is 0.969 bits per heavy atom. The maximum Gasteiger partial charge on any atom is 0.252 e. The third-order valence-corrected chi connectivity index (χ3v) is 14.9. The lowest BCUT2D eigenvalue weighted by atomic mass is 9.33. The maximum atomic E-state index is 2.58. The summed E-state index contributed by atoms with van der Waals surface area (Å²) >= 11 is 1.88. The van der Waals surface area contributed by atoms with Crippen LogP contribution in [0.3, 0.4) is 0 Å². The highest BCUT2D eigenvalue weighted by Crippen LogP contribution is 2.48. The number of rotatable bonds is 4. The summed E-state index contributed by atoms with van der Waals surface area (Å²) in [6.45, 7) is 21.0. The molecule has 0 amide bonds. The Morgan fingerprint density at radius 1 is 0.375 bits per heavy atom. The van der Waals surface area contributed by atoms with E-state index in [0.29, 0.717) is 0 Å². The minimum absolute atomic E-state index is 0.00247. The molecule has 0 spiro atoms. The molecule has 0 saturated carbocycles. The molecule has 3 heterocycles. The van der Waals surface area contributed by atoms with Gasteiger partial charge in [-0.25, -0.2) is 0 Å².